The van der Waals surface area contributed by atoms with E-state index in [1.54, 1.807) is 13.0 Å². The van der Waals surface area contributed by atoms with Crippen molar-refractivity contribution in [3.8, 4) is 5.75 Å². The first-order valence-corrected chi connectivity index (χ1v) is 4.76. The Hall–Kier alpha value is -1.10. The highest BCUT2D eigenvalue weighted by Crippen LogP contribution is 2.30. The van der Waals surface area contributed by atoms with Gasteiger partial charge in [-0.1, -0.05) is 6.08 Å². The molecule has 1 heterocycles. The van der Waals surface area contributed by atoms with Gasteiger partial charge in [0.05, 0.1) is 12.3 Å². The molecule has 16 heavy (non-hydrogen) atoms. The molecule has 0 spiro atoms. The summed E-state index contributed by atoms with van der Waals surface area (Å²) in [6, 6.07) is -0.355. The van der Waals surface area contributed by atoms with E-state index >= 15 is 0 Å². The van der Waals surface area contributed by atoms with Gasteiger partial charge in [-0.15, -0.1) is 19.0 Å². The maximum Gasteiger partial charge on any atom is 0.141 e. The molecule has 5 heteroatoms. The summed E-state index contributed by atoms with van der Waals surface area (Å²) >= 11 is 0. The lowest BCUT2D eigenvalue weighted by Crippen LogP contribution is -2.13. The standard InChI is InChI=1S/C11H16N2O2.ClH/c1-3-4-9(12)10-8(6-14)5-13-7(2)11(10)15;/h3,5,9,14-15H,1,4,6,12H2,2H3;1H/t9-;/m0./s1. The summed E-state index contributed by atoms with van der Waals surface area (Å²) < 4.78 is 0. The van der Waals surface area contributed by atoms with Gasteiger partial charge in [0.1, 0.15) is 5.75 Å². The summed E-state index contributed by atoms with van der Waals surface area (Å²) in [5.74, 6) is 0.0656. The fourth-order valence-corrected chi connectivity index (χ4v) is 1.49. The van der Waals surface area contributed by atoms with Gasteiger partial charge in [-0.3, -0.25) is 4.98 Å². The van der Waals surface area contributed by atoms with Crippen LogP contribution in [0, 0.1) is 6.92 Å². The largest absolute Gasteiger partial charge is 0.506 e. The fraction of sp³-hybridized carbons (Fsp3) is 0.364. The molecular weight excluding hydrogens is 228 g/mol. The number of halogens is 1. The molecule has 1 aromatic heterocycles. The summed E-state index contributed by atoms with van der Waals surface area (Å²) in [6.07, 6.45) is 3.76. The molecule has 90 valence electrons. The second-order valence-corrected chi connectivity index (χ2v) is 3.42. The Labute approximate surface area is 101 Å². The number of hydrogen-bond acceptors (Lipinski definition) is 4. The van der Waals surface area contributed by atoms with Crippen molar-refractivity contribution in [2.45, 2.75) is 26.0 Å². The highest BCUT2D eigenvalue weighted by Gasteiger charge is 2.16. The second kappa shape index (κ2) is 6.48. The van der Waals surface area contributed by atoms with E-state index in [1.165, 1.54) is 6.20 Å². The molecule has 0 aliphatic rings. The van der Waals surface area contributed by atoms with Crippen molar-refractivity contribution >= 4 is 12.4 Å². The number of aryl methyl sites for hydroxylation is 1. The number of aliphatic hydroxyl groups excluding tert-OH is 1. The van der Waals surface area contributed by atoms with Crippen LogP contribution in [0.4, 0.5) is 0 Å². The molecule has 4 nitrogen and oxygen atoms in total. The maximum atomic E-state index is 9.82. The molecule has 0 fully saturated rings. The van der Waals surface area contributed by atoms with E-state index in [4.69, 9.17) is 10.8 Å². The van der Waals surface area contributed by atoms with Crippen molar-refractivity contribution in [2.75, 3.05) is 0 Å². The van der Waals surface area contributed by atoms with Crippen molar-refractivity contribution in [1.29, 1.82) is 0 Å². The molecule has 0 radical (unpaired) electrons. The Morgan fingerprint density at radius 2 is 2.25 bits per heavy atom. The molecule has 0 bridgehead atoms. The number of hydrogen-bond donors (Lipinski definition) is 3. The molecule has 1 atom stereocenters. The summed E-state index contributed by atoms with van der Waals surface area (Å²) in [7, 11) is 0. The van der Waals surface area contributed by atoms with Crippen LogP contribution >= 0.6 is 12.4 Å². The first-order valence-electron chi connectivity index (χ1n) is 4.76. The van der Waals surface area contributed by atoms with E-state index in [-0.39, 0.29) is 30.8 Å². The van der Waals surface area contributed by atoms with Gasteiger partial charge in [-0.05, 0) is 13.3 Å². The molecule has 4 N–H and O–H groups in total. The topological polar surface area (TPSA) is 79.4 Å². The van der Waals surface area contributed by atoms with E-state index in [1.807, 2.05) is 0 Å². The van der Waals surface area contributed by atoms with Crippen LogP contribution in [0.15, 0.2) is 18.9 Å². The van der Waals surface area contributed by atoms with Crippen LogP contribution in [0.5, 0.6) is 5.75 Å². The van der Waals surface area contributed by atoms with Gasteiger partial charge in [0, 0.05) is 23.4 Å². The Kier molecular flexibility index (Phi) is 6.03. The highest BCUT2D eigenvalue weighted by atomic mass is 35.5. The zero-order valence-electron chi connectivity index (χ0n) is 9.18. The zero-order valence-corrected chi connectivity index (χ0v) is 10.00. The third-order valence-corrected chi connectivity index (χ3v) is 2.32. The van der Waals surface area contributed by atoms with Gasteiger partial charge in [0.2, 0.25) is 0 Å². The van der Waals surface area contributed by atoms with Crippen molar-refractivity contribution in [2.24, 2.45) is 5.73 Å². The Bertz CT molecular complexity index is 369. The Morgan fingerprint density at radius 3 is 2.75 bits per heavy atom. The van der Waals surface area contributed by atoms with E-state index in [2.05, 4.69) is 11.6 Å². The van der Waals surface area contributed by atoms with Crippen LogP contribution in [0.2, 0.25) is 0 Å². The number of aromatic nitrogens is 1. The molecule has 1 aromatic rings. The van der Waals surface area contributed by atoms with Crippen LogP contribution in [0.25, 0.3) is 0 Å². The van der Waals surface area contributed by atoms with E-state index in [9.17, 15) is 5.11 Å². The average Bonchev–Trinajstić information content (AvgIpc) is 2.22. The normalized spacial score (nSPS) is 11.7. The van der Waals surface area contributed by atoms with Crippen molar-refractivity contribution in [3.05, 3.63) is 35.7 Å². The van der Waals surface area contributed by atoms with Gasteiger partial charge in [-0.25, -0.2) is 0 Å². The smallest absolute Gasteiger partial charge is 0.141 e. The number of nitrogens with zero attached hydrogens (tertiary/aromatic N) is 1. The summed E-state index contributed by atoms with van der Waals surface area (Å²) in [4.78, 5) is 3.96. The molecule has 0 aliphatic carbocycles. The van der Waals surface area contributed by atoms with Crippen LogP contribution in [-0.4, -0.2) is 15.2 Å². The van der Waals surface area contributed by atoms with Gasteiger partial charge >= 0.3 is 0 Å². The quantitative estimate of drug-likeness (QED) is 0.703. The minimum Gasteiger partial charge on any atom is -0.506 e. The minimum atomic E-state index is -0.355. The Balaban J connectivity index is 0.00000225. The lowest BCUT2D eigenvalue weighted by molar-refractivity contribution is 0.278. The predicted molar refractivity (Wildman–Crippen MR) is 65.6 cm³/mol. The summed E-state index contributed by atoms with van der Waals surface area (Å²) in [5.41, 5.74) is 7.52. The number of nitrogens with two attached hydrogens (primary N) is 1. The predicted octanol–water partition coefficient (Wildman–Crippen LogP) is 1.59. The number of aromatic hydroxyl groups is 1. The maximum absolute atomic E-state index is 9.82. The molecule has 0 unspecified atom stereocenters. The number of aliphatic hydroxyl groups is 1. The van der Waals surface area contributed by atoms with Crippen LogP contribution in [-0.2, 0) is 6.61 Å². The first-order chi connectivity index (χ1) is 7.11. The lowest BCUT2D eigenvalue weighted by atomic mass is 9.98. The van der Waals surface area contributed by atoms with Crippen LogP contribution in [0.1, 0.15) is 29.3 Å². The van der Waals surface area contributed by atoms with Crippen molar-refractivity contribution < 1.29 is 10.2 Å². The van der Waals surface area contributed by atoms with Gasteiger partial charge < -0.3 is 15.9 Å². The van der Waals surface area contributed by atoms with Gasteiger partial charge in [0.25, 0.3) is 0 Å². The van der Waals surface area contributed by atoms with Crippen molar-refractivity contribution in [1.82, 2.24) is 4.98 Å². The third kappa shape index (κ3) is 2.95. The molecule has 1 rings (SSSR count). The van der Waals surface area contributed by atoms with Crippen molar-refractivity contribution in [3.63, 3.8) is 0 Å². The summed E-state index contributed by atoms with van der Waals surface area (Å²) in [5, 5.41) is 18.9. The molecule has 0 aromatic carbocycles. The summed E-state index contributed by atoms with van der Waals surface area (Å²) in [6.45, 7) is 5.11. The minimum absolute atomic E-state index is 0. The molecular formula is C11H17ClN2O2. The monoisotopic (exact) mass is 244 g/mol. The SMILES string of the molecule is C=CC[C@H](N)c1c(CO)cnc(C)c1O.Cl. The number of pyridine rings is 1. The zero-order chi connectivity index (χ0) is 11.4. The first kappa shape index (κ1) is 14.9. The average molecular weight is 245 g/mol. The van der Waals surface area contributed by atoms with Crippen LogP contribution in [0.3, 0.4) is 0 Å². The van der Waals surface area contributed by atoms with Crippen LogP contribution < -0.4 is 5.73 Å². The highest BCUT2D eigenvalue weighted by molar-refractivity contribution is 5.85. The fourth-order valence-electron chi connectivity index (χ4n) is 1.49. The van der Waals surface area contributed by atoms with Gasteiger partial charge in [-0.2, -0.15) is 0 Å². The van der Waals surface area contributed by atoms with Gasteiger partial charge in [0.15, 0.2) is 0 Å². The number of rotatable bonds is 4. The molecule has 0 saturated carbocycles. The Morgan fingerprint density at radius 1 is 1.62 bits per heavy atom. The molecule has 0 amide bonds. The molecule has 0 saturated heterocycles. The van der Waals surface area contributed by atoms with E-state index in [0.717, 1.165) is 0 Å². The molecule has 0 aliphatic heterocycles. The lowest BCUT2D eigenvalue weighted by Gasteiger charge is -2.16. The third-order valence-electron chi connectivity index (χ3n) is 2.32. The van der Waals surface area contributed by atoms with E-state index in [0.29, 0.717) is 23.2 Å². The van der Waals surface area contributed by atoms with E-state index < -0.39 is 0 Å². The second-order valence-electron chi connectivity index (χ2n) is 3.42.